The van der Waals surface area contributed by atoms with E-state index in [1.165, 1.54) is 11.3 Å². The number of hydrogen-bond acceptors (Lipinski definition) is 4. The number of nitrogens with zero attached hydrogens (tertiary/aromatic N) is 2. The van der Waals surface area contributed by atoms with Crippen molar-refractivity contribution < 1.29 is 9.53 Å². The van der Waals surface area contributed by atoms with E-state index in [9.17, 15) is 4.79 Å². The van der Waals surface area contributed by atoms with Gasteiger partial charge in [-0.3, -0.25) is 4.40 Å². The Bertz CT molecular complexity index is 809. The number of thiazole rings is 1. The lowest BCUT2D eigenvalue weighted by molar-refractivity contribution is 0.0342. The quantitative estimate of drug-likeness (QED) is 0.647. The Hall–Kier alpha value is -1.66. The second-order valence-electron chi connectivity index (χ2n) is 4.70. The van der Waals surface area contributed by atoms with Gasteiger partial charge < -0.3 is 4.74 Å². The van der Waals surface area contributed by atoms with E-state index in [2.05, 4.69) is 20.9 Å². The van der Waals surface area contributed by atoms with Crippen LogP contribution in [0.3, 0.4) is 0 Å². The second kappa shape index (κ2) is 5.61. The van der Waals surface area contributed by atoms with E-state index in [0.29, 0.717) is 4.88 Å². The third-order valence-corrected chi connectivity index (χ3v) is 4.92. The maximum atomic E-state index is 12.3. The molecular weight excluding hydrogens is 352 g/mol. The molecule has 0 fully saturated rings. The van der Waals surface area contributed by atoms with Crippen LogP contribution in [0.4, 0.5) is 0 Å². The largest absolute Gasteiger partial charge is 0.454 e. The summed E-state index contributed by atoms with van der Waals surface area (Å²) in [5.41, 5.74) is 1.82. The topological polar surface area (TPSA) is 43.6 Å². The molecule has 0 saturated heterocycles. The summed E-state index contributed by atoms with van der Waals surface area (Å²) < 4.78 is 8.43. The molecule has 0 spiro atoms. The maximum Gasteiger partial charge on any atom is 0.350 e. The van der Waals surface area contributed by atoms with E-state index in [-0.39, 0.29) is 12.1 Å². The minimum absolute atomic E-state index is 0.302. The van der Waals surface area contributed by atoms with Crippen molar-refractivity contribution in [1.29, 1.82) is 0 Å². The molecule has 2 aromatic heterocycles. The van der Waals surface area contributed by atoms with Crippen molar-refractivity contribution in [2.75, 3.05) is 0 Å². The molecule has 0 bridgehead atoms. The highest BCUT2D eigenvalue weighted by Gasteiger charge is 2.20. The summed E-state index contributed by atoms with van der Waals surface area (Å²) in [7, 11) is 0. The number of rotatable bonds is 3. The lowest BCUT2D eigenvalue weighted by atomic mass is 10.1. The molecule has 0 saturated carbocycles. The van der Waals surface area contributed by atoms with Crippen LogP contribution in [0.5, 0.6) is 0 Å². The number of hydrogen-bond donors (Lipinski definition) is 0. The zero-order valence-corrected chi connectivity index (χ0v) is 13.9. The number of ether oxygens (including phenoxy) is 1. The third kappa shape index (κ3) is 2.73. The van der Waals surface area contributed by atoms with Gasteiger partial charge in [0.1, 0.15) is 11.0 Å². The number of aromatic nitrogens is 2. The molecule has 1 aromatic carbocycles. The summed E-state index contributed by atoms with van der Waals surface area (Å²) >= 11 is 4.77. The Morgan fingerprint density at radius 2 is 2.29 bits per heavy atom. The Morgan fingerprint density at radius 1 is 1.48 bits per heavy atom. The fourth-order valence-electron chi connectivity index (χ4n) is 2.13. The SMILES string of the molecule is Cc1c(C(=O)O[C@@H](C)c2cccc(Br)c2)sc2nccn12. The van der Waals surface area contributed by atoms with Crippen molar-refractivity contribution in [3.05, 3.63) is 57.3 Å². The molecule has 0 N–H and O–H groups in total. The van der Waals surface area contributed by atoms with Crippen molar-refractivity contribution in [1.82, 2.24) is 9.38 Å². The number of aryl methyl sites for hydroxylation is 1. The normalized spacial score (nSPS) is 12.5. The molecular formula is C15H13BrN2O2S. The lowest BCUT2D eigenvalue weighted by Crippen LogP contribution is -2.09. The molecule has 108 valence electrons. The summed E-state index contributed by atoms with van der Waals surface area (Å²) in [6, 6.07) is 7.76. The highest BCUT2D eigenvalue weighted by Crippen LogP contribution is 2.26. The van der Waals surface area contributed by atoms with Gasteiger partial charge in [-0.15, -0.1) is 0 Å². The van der Waals surface area contributed by atoms with Crippen molar-refractivity contribution in [3.8, 4) is 0 Å². The number of esters is 1. The van der Waals surface area contributed by atoms with Crippen LogP contribution in [0.1, 0.15) is 34.0 Å². The number of carbonyl (C=O) groups is 1. The summed E-state index contributed by atoms with van der Waals surface area (Å²) in [6.45, 7) is 3.76. The Balaban J connectivity index is 1.82. The summed E-state index contributed by atoms with van der Waals surface area (Å²) in [5.74, 6) is -0.310. The monoisotopic (exact) mass is 364 g/mol. The maximum absolute atomic E-state index is 12.3. The minimum Gasteiger partial charge on any atom is -0.454 e. The van der Waals surface area contributed by atoms with Crippen molar-refractivity contribution in [3.63, 3.8) is 0 Å². The molecule has 0 radical (unpaired) electrons. The number of fused-ring (bicyclic) bond motifs is 1. The molecule has 2 heterocycles. The number of imidazole rings is 1. The summed E-state index contributed by atoms with van der Waals surface area (Å²) in [5, 5.41) is 0. The van der Waals surface area contributed by atoms with Gasteiger partial charge in [0.2, 0.25) is 0 Å². The number of halogens is 1. The molecule has 0 amide bonds. The van der Waals surface area contributed by atoms with E-state index in [1.807, 2.05) is 48.7 Å². The van der Waals surface area contributed by atoms with E-state index < -0.39 is 0 Å². The van der Waals surface area contributed by atoms with E-state index >= 15 is 0 Å². The fourth-order valence-corrected chi connectivity index (χ4v) is 3.51. The highest BCUT2D eigenvalue weighted by molar-refractivity contribution is 9.10. The molecule has 3 rings (SSSR count). The Labute approximate surface area is 134 Å². The van der Waals surface area contributed by atoms with E-state index in [1.54, 1.807) is 6.20 Å². The van der Waals surface area contributed by atoms with Gasteiger partial charge in [-0.2, -0.15) is 0 Å². The standard InChI is InChI=1S/C15H13BrN2O2S/c1-9-13(21-15-17-6-7-18(9)15)14(19)20-10(2)11-4-3-5-12(16)8-11/h3-8,10H,1-2H3/t10-/m0/s1. The molecule has 0 unspecified atom stereocenters. The Morgan fingerprint density at radius 3 is 3.00 bits per heavy atom. The molecule has 0 aliphatic rings. The number of carbonyl (C=O) groups excluding carboxylic acids is 1. The first-order chi connectivity index (χ1) is 10.1. The fraction of sp³-hybridized carbons (Fsp3) is 0.200. The molecule has 1 atom stereocenters. The van der Waals surface area contributed by atoms with Crippen LogP contribution in [0.15, 0.2) is 41.1 Å². The zero-order valence-electron chi connectivity index (χ0n) is 11.5. The minimum atomic E-state index is -0.310. The van der Waals surface area contributed by atoms with Gasteiger partial charge in [0, 0.05) is 22.6 Å². The molecule has 4 nitrogen and oxygen atoms in total. The van der Waals surface area contributed by atoms with Crippen LogP contribution in [0.25, 0.3) is 4.96 Å². The van der Waals surface area contributed by atoms with Crippen molar-refractivity contribution in [2.45, 2.75) is 20.0 Å². The van der Waals surface area contributed by atoms with Gasteiger partial charge in [0.05, 0.1) is 0 Å². The zero-order chi connectivity index (χ0) is 15.0. The molecule has 21 heavy (non-hydrogen) atoms. The van der Waals surface area contributed by atoms with Gasteiger partial charge >= 0.3 is 5.97 Å². The predicted octanol–water partition coefficient (Wildman–Crippen LogP) is 4.38. The summed E-state index contributed by atoms with van der Waals surface area (Å²) in [4.78, 5) is 17.9. The van der Waals surface area contributed by atoms with Gasteiger partial charge in [-0.25, -0.2) is 9.78 Å². The van der Waals surface area contributed by atoms with Gasteiger partial charge in [-0.05, 0) is 31.5 Å². The predicted molar refractivity (Wildman–Crippen MR) is 85.8 cm³/mol. The van der Waals surface area contributed by atoms with Crippen LogP contribution in [0, 0.1) is 6.92 Å². The first kappa shape index (κ1) is 14.3. The third-order valence-electron chi connectivity index (χ3n) is 3.28. The van der Waals surface area contributed by atoms with E-state index in [0.717, 1.165) is 20.7 Å². The van der Waals surface area contributed by atoms with Crippen LogP contribution in [0.2, 0.25) is 0 Å². The molecule has 3 aromatic rings. The van der Waals surface area contributed by atoms with Crippen LogP contribution in [-0.4, -0.2) is 15.4 Å². The average Bonchev–Trinajstić information content (AvgIpc) is 3.02. The lowest BCUT2D eigenvalue weighted by Gasteiger charge is -2.13. The van der Waals surface area contributed by atoms with Crippen LogP contribution in [-0.2, 0) is 4.74 Å². The highest BCUT2D eigenvalue weighted by atomic mass is 79.9. The molecule has 0 aliphatic carbocycles. The molecule has 0 aliphatic heterocycles. The number of benzene rings is 1. The van der Waals surface area contributed by atoms with E-state index in [4.69, 9.17) is 4.74 Å². The van der Waals surface area contributed by atoms with Crippen LogP contribution >= 0.6 is 27.3 Å². The summed E-state index contributed by atoms with van der Waals surface area (Å²) in [6.07, 6.45) is 3.26. The van der Waals surface area contributed by atoms with Crippen molar-refractivity contribution >= 4 is 38.2 Å². The van der Waals surface area contributed by atoms with Crippen molar-refractivity contribution in [2.24, 2.45) is 0 Å². The molecule has 6 heteroatoms. The first-order valence-electron chi connectivity index (χ1n) is 6.45. The smallest absolute Gasteiger partial charge is 0.350 e. The van der Waals surface area contributed by atoms with Gasteiger partial charge in [-0.1, -0.05) is 39.4 Å². The average molecular weight is 365 g/mol. The van der Waals surface area contributed by atoms with Gasteiger partial charge in [0.25, 0.3) is 0 Å². The second-order valence-corrected chi connectivity index (χ2v) is 6.59. The van der Waals surface area contributed by atoms with Gasteiger partial charge in [0.15, 0.2) is 4.96 Å². The first-order valence-corrected chi connectivity index (χ1v) is 8.06. The van der Waals surface area contributed by atoms with Crippen LogP contribution < -0.4 is 0 Å². The Kier molecular flexibility index (Phi) is 3.82.